The van der Waals surface area contributed by atoms with Gasteiger partial charge in [0.15, 0.2) is 0 Å². The highest BCUT2D eigenvalue weighted by Crippen LogP contribution is 2.46. The minimum Gasteiger partial charge on any atom is -0.392 e. The first-order chi connectivity index (χ1) is 10.6. The number of hydrogen-bond donors (Lipinski definition) is 3. The molecule has 3 N–H and O–H groups in total. The van der Waals surface area contributed by atoms with Crippen LogP contribution >= 0.6 is 0 Å². The number of aliphatic hydroxyl groups is 3. The van der Waals surface area contributed by atoms with Gasteiger partial charge in [0.25, 0.3) is 0 Å². The van der Waals surface area contributed by atoms with Crippen molar-refractivity contribution < 1.29 is 15.3 Å². The third-order valence-corrected chi connectivity index (χ3v) is 5.66. The summed E-state index contributed by atoms with van der Waals surface area (Å²) in [5.74, 6) is 0.422. The smallest absolute Gasteiger partial charge is 0.0877 e. The molecule has 0 aliphatic heterocycles. The Hall–Kier alpha value is -0.640. The van der Waals surface area contributed by atoms with Crippen molar-refractivity contribution in [2.75, 3.05) is 6.61 Å². The zero-order chi connectivity index (χ0) is 17.7. The van der Waals surface area contributed by atoms with E-state index in [4.69, 9.17) is 5.11 Å². The Balaban J connectivity index is 2.56. The van der Waals surface area contributed by atoms with Gasteiger partial charge in [0.2, 0.25) is 0 Å². The summed E-state index contributed by atoms with van der Waals surface area (Å²) in [7, 11) is 0. The molecule has 3 atom stereocenters. The first kappa shape index (κ1) is 20.4. The molecule has 1 aliphatic rings. The Labute approximate surface area is 142 Å². The first-order valence-electron chi connectivity index (χ1n) is 8.95. The molecule has 0 aromatic rings. The van der Waals surface area contributed by atoms with E-state index < -0.39 is 11.7 Å². The van der Waals surface area contributed by atoms with E-state index in [0.717, 1.165) is 18.4 Å². The Morgan fingerprint density at radius 2 is 2.13 bits per heavy atom. The molecule has 0 saturated heterocycles. The van der Waals surface area contributed by atoms with Gasteiger partial charge < -0.3 is 15.3 Å². The van der Waals surface area contributed by atoms with Crippen molar-refractivity contribution in [3.8, 4) is 0 Å². The maximum atomic E-state index is 10.7. The highest BCUT2D eigenvalue weighted by atomic mass is 16.3. The van der Waals surface area contributed by atoms with Crippen molar-refractivity contribution in [1.82, 2.24) is 0 Å². The molecule has 1 saturated carbocycles. The van der Waals surface area contributed by atoms with E-state index in [9.17, 15) is 10.2 Å². The Morgan fingerprint density at radius 3 is 2.70 bits per heavy atom. The van der Waals surface area contributed by atoms with Crippen LogP contribution in [0.5, 0.6) is 0 Å². The molecule has 0 bridgehead atoms. The van der Waals surface area contributed by atoms with Gasteiger partial charge in [0, 0.05) is 0 Å². The summed E-state index contributed by atoms with van der Waals surface area (Å²) < 4.78 is 0. The van der Waals surface area contributed by atoms with Crippen LogP contribution in [0.3, 0.4) is 0 Å². The zero-order valence-electron chi connectivity index (χ0n) is 15.4. The highest BCUT2D eigenvalue weighted by Gasteiger charge is 2.37. The van der Waals surface area contributed by atoms with Gasteiger partial charge in [-0.25, -0.2) is 0 Å². The topological polar surface area (TPSA) is 60.7 Å². The predicted molar refractivity (Wildman–Crippen MR) is 96.2 cm³/mol. The fourth-order valence-corrected chi connectivity index (χ4v) is 3.80. The van der Waals surface area contributed by atoms with Gasteiger partial charge in [-0.2, -0.15) is 0 Å². The Kier molecular flexibility index (Phi) is 7.50. The Bertz CT molecular complexity index is 421. The molecule has 0 aromatic heterocycles. The second-order valence-electron chi connectivity index (χ2n) is 8.24. The van der Waals surface area contributed by atoms with Crippen LogP contribution in [0.1, 0.15) is 72.6 Å². The van der Waals surface area contributed by atoms with Crippen LogP contribution in [-0.4, -0.2) is 33.6 Å². The summed E-state index contributed by atoms with van der Waals surface area (Å²) in [5.41, 5.74) is 1.50. The fraction of sp³-hybridized carbons (Fsp3) is 0.800. The maximum Gasteiger partial charge on any atom is 0.0877 e. The second kappa shape index (κ2) is 8.46. The van der Waals surface area contributed by atoms with Crippen molar-refractivity contribution >= 4 is 0 Å². The summed E-state index contributed by atoms with van der Waals surface area (Å²) in [6, 6.07) is 0. The summed E-state index contributed by atoms with van der Waals surface area (Å²) in [4.78, 5) is 0. The van der Waals surface area contributed by atoms with Crippen LogP contribution in [0.25, 0.3) is 0 Å². The largest absolute Gasteiger partial charge is 0.392 e. The highest BCUT2D eigenvalue weighted by molar-refractivity contribution is 5.09. The molecule has 1 rings (SSSR count). The molecule has 0 aromatic carbocycles. The van der Waals surface area contributed by atoms with Crippen molar-refractivity contribution in [3.05, 3.63) is 23.8 Å². The van der Waals surface area contributed by atoms with Crippen LogP contribution in [0.15, 0.2) is 23.8 Å². The molecule has 23 heavy (non-hydrogen) atoms. The van der Waals surface area contributed by atoms with E-state index in [0.29, 0.717) is 25.2 Å². The number of allylic oxidation sites excluding steroid dienone is 2. The monoisotopic (exact) mass is 324 g/mol. The third-order valence-electron chi connectivity index (χ3n) is 5.66. The van der Waals surface area contributed by atoms with Gasteiger partial charge >= 0.3 is 0 Å². The van der Waals surface area contributed by atoms with E-state index in [2.05, 4.69) is 20.4 Å². The van der Waals surface area contributed by atoms with E-state index in [1.807, 2.05) is 6.92 Å². The van der Waals surface area contributed by atoms with E-state index in [1.54, 1.807) is 13.0 Å². The molecule has 1 fully saturated rings. The lowest BCUT2D eigenvalue weighted by Gasteiger charge is -2.42. The van der Waals surface area contributed by atoms with Crippen LogP contribution in [0, 0.1) is 11.3 Å². The summed E-state index contributed by atoms with van der Waals surface area (Å²) in [5, 5.41) is 29.9. The molecule has 3 heteroatoms. The van der Waals surface area contributed by atoms with Gasteiger partial charge in [-0.05, 0) is 70.1 Å². The Morgan fingerprint density at radius 1 is 1.48 bits per heavy atom. The maximum absolute atomic E-state index is 10.7. The quantitative estimate of drug-likeness (QED) is 0.592. The molecular weight excluding hydrogens is 288 g/mol. The van der Waals surface area contributed by atoms with E-state index in [1.165, 1.54) is 18.4 Å². The van der Waals surface area contributed by atoms with Crippen molar-refractivity contribution in [2.24, 2.45) is 11.3 Å². The summed E-state index contributed by atoms with van der Waals surface area (Å²) >= 11 is 0. The summed E-state index contributed by atoms with van der Waals surface area (Å²) in [6.07, 6.45) is 7.17. The molecule has 1 aliphatic carbocycles. The first-order valence-corrected chi connectivity index (χ1v) is 8.95. The number of rotatable bonds is 8. The average Bonchev–Trinajstić information content (AvgIpc) is 2.43. The molecule has 0 spiro atoms. The average molecular weight is 325 g/mol. The molecule has 0 radical (unpaired) electrons. The molecule has 3 nitrogen and oxygen atoms in total. The second-order valence-corrected chi connectivity index (χ2v) is 8.24. The third kappa shape index (κ3) is 6.06. The standard InChI is InChI=1S/C20H36O3/c1-15(11-14-21)8-9-18(22)20(5,23)13-10-17-16(2)7-6-12-19(17,3)4/h11,17-18,21-23H,2,6-10,12-14H2,1,3-5H3/b15-11+/t17-,18+,20+/m1/s1. The van der Waals surface area contributed by atoms with Crippen LogP contribution in [-0.2, 0) is 0 Å². The van der Waals surface area contributed by atoms with E-state index in [-0.39, 0.29) is 12.0 Å². The molecule has 0 unspecified atom stereocenters. The van der Waals surface area contributed by atoms with Gasteiger partial charge in [0.05, 0.1) is 18.3 Å². The van der Waals surface area contributed by atoms with E-state index >= 15 is 0 Å². The van der Waals surface area contributed by atoms with Gasteiger partial charge in [-0.15, -0.1) is 0 Å². The molecule has 0 heterocycles. The normalized spacial score (nSPS) is 26.0. The fourth-order valence-electron chi connectivity index (χ4n) is 3.80. The van der Waals surface area contributed by atoms with Crippen molar-refractivity contribution in [3.63, 3.8) is 0 Å². The summed E-state index contributed by atoms with van der Waals surface area (Å²) in [6.45, 7) is 12.5. The van der Waals surface area contributed by atoms with Crippen molar-refractivity contribution in [2.45, 2.75) is 84.3 Å². The van der Waals surface area contributed by atoms with Crippen molar-refractivity contribution in [1.29, 1.82) is 0 Å². The van der Waals surface area contributed by atoms with Gasteiger partial charge in [0.1, 0.15) is 0 Å². The molecule has 134 valence electrons. The zero-order valence-corrected chi connectivity index (χ0v) is 15.4. The molecular formula is C20H36O3. The minimum atomic E-state index is -1.08. The lowest BCUT2D eigenvalue weighted by Crippen LogP contribution is -2.41. The SMILES string of the molecule is C=C1CCCC(C)(C)[C@@H]1CC[C@](C)(O)[C@@H](O)CC/C(C)=C/CO. The van der Waals surface area contributed by atoms with Gasteiger partial charge in [-0.3, -0.25) is 0 Å². The minimum absolute atomic E-state index is 0.0250. The number of aliphatic hydroxyl groups excluding tert-OH is 2. The lowest BCUT2D eigenvalue weighted by molar-refractivity contribution is -0.0748. The van der Waals surface area contributed by atoms with Crippen LogP contribution in [0.4, 0.5) is 0 Å². The predicted octanol–water partition coefficient (Wildman–Crippen LogP) is 3.98. The number of hydrogen-bond acceptors (Lipinski definition) is 3. The van der Waals surface area contributed by atoms with Crippen LogP contribution < -0.4 is 0 Å². The van der Waals surface area contributed by atoms with Crippen LogP contribution in [0.2, 0.25) is 0 Å². The lowest BCUT2D eigenvalue weighted by atomic mass is 9.64. The molecule has 0 amide bonds. The van der Waals surface area contributed by atoms with Gasteiger partial charge in [-0.1, -0.05) is 37.6 Å².